The number of fused-ring (bicyclic) bond motifs is 1. The Bertz CT molecular complexity index is 4410. The van der Waals surface area contributed by atoms with Gasteiger partial charge in [-0.25, -0.2) is 4.79 Å². The molecule has 1 aromatic heterocycles. The molecule has 0 fully saturated rings. The third kappa shape index (κ3) is 39.2. The van der Waals surface area contributed by atoms with Crippen LogP contribution < -0.4 is 119 Å². The molecule has 0 aliphatic rings. The number of carbonyl (C=O) groups excluding carboxylic acids is 13. The Balaban J connectivity index is 1.71. The molecule has 128 heavy (non-hydrogen) atoms. The summed E-state index contributed by atoms with van der Waals surface area (Å²) >= 11 is 4.38. The van der Waals surface area contributed by atoms with E-state index in [-0.39, 0.29) is 139 Å². The van der Waals surface area contributed by atoms with Gasteiger partial charge in [0.1, 0.15) is 78.3 Å². The number of H-pyrrole nitrogens is 1. The van der Waals surface area contributed by atoms with Gasteiger partial charge >= 0.3 is 5.97 Å². The summed E-state index contributed by atoms with van der Waals surface area (Å²) in [6.07, 6.45) is -1.66. The van der Waals surface area contributed by atoms with Gasteiger partial charge in [-0.05, 0) is 130 Å². The van der Waals surface area contributed by atoms with Crippen molar-refractivity contribution in [3.8, 4) is 5.75 Å². The lowest BCUT2D eigenvalue weighted by molar-refractivity contribution is -0.144. The van der Waals surface area contributed by atoms with E-state index in [4.69, 9.17) is 56.0 Å². The molecular weight excluding hydrogens is 1680 g/mol. The van der Waals surface area contributed by atoms with Crippen LogP contribution >= 0.6 is 12.6 Å². The number of amides is 13. The number of aromatic nitrogens is 1. The van der Waals surface area contributed by atoms with E-state index in [1.54, 1.807) is 102 Å². The molecule has 4 rings (SSSR count). The minimum Gasteiger partial charge on any atom is -0.508 e. The summed E-state index contributed by atoms with van der Waals surface area (Å²) in [5, 5.41) is 104. The van der Waals surface area contributed by atoms with E-state index in [0.29, 0.717) is 40.4 Å². The molecule has 3 aromatic carbocycles. The summed E-state index contributed by atoms with van der Waals surface area (Å²) < 4.78 is 0. The maximum atomic E-state index is 15.3. The molecular formula is C83H131N27O17S. The largest absolute Gasteiger partial charge is 0.508 e. The number of carboxylic acid groups (broad SMARTS) is 1. The maximum Gasteiger partial charge on any atom is 0.326 e. The van der Waals surface area contributed by atoms with Crippen molar-refractivity contribution in [3.05, 3.63) is 102 Å². The van der Waals surface area contributed by atoms with E-state index in [1.807, 2.05) is 0 Å². The highest BCUT2D eigenvalue weighted by Gasteiger charge is 2.40. The lowest BCUT2D eigenvalue weighted by Gasteiger charge is -2.29. The third-order valence-corrected chi connectivity index (χ3v) is 20.9. The van der Waals surface area contributed by atoms with Gasteiger partial charge in [-0.1, -0.05) is 109 Å². The summed E-state index contributed by atoms with van der Waals surface area (Å²) in [6.45, 7) is 11.9. The van der Waals surface area contributed by atoms with Gasteiger partial charge in [0.25, 0.3) is 0 Å². The number of aliphatic hydroxyl groups is 1. The fourth-order valence-electron chi connectivity index (χ4n) is 13.4. The smallest absolute Gasteiger partial charge is 0.326 e. The highest BCUT2D eigenvalue weighted by atomic mass is 32.1. The number of nitrogens with one attached hydrogen (secondary N) is 21. The van der Waals surface area contributed by atoms with Gasteiger partial charge in [0.2, 0.25) is 76.8 Å². The molecule has 15 atom stereocenters. The Labute approximate surface area is 748 Å². The van der Waals surface area contributed by atoms with E-state index in [9.17, 15) is 68.1 Å². The molecule has 0 aliphatic carbocycles. The highest BCUT2D eigenvalue weighted by Crippen LogP contribution is 2.22. The minimum absolute atomic E-state index is 0.00117. The van der Waals surface area contributed by atoms with Crippen molar-refractivity contribution in [2.45, 2.75) is 236 Å². The zero-order valence-corrected chi connectivity index (χ0v) is 74.1. The average Bonchev–Trinajstić information content (AvgIpc) is 1.51. The number of nitrogens with two attached hydrogens (primary N) is 6. The number of aliphatic hydroxyl groups excluding tert-OH is 1. The van der Waals surface area contributed by atoms with Crippen molar-refractivity contribution in [1.29, 1.82) is 21.6 Å². The number of benzene rings is 3. The van der Waals surface area contributed by atoms with Gasteiger partial charge in [-0.2, -0.15) is 12.6 Å². The molecule has 706 valence electrons. The van der Waals surface area contributed by atoms with Gasteiger partial charge in [-0.15, -0.1) is 0 Å². The molecule has 0 saturated carbocycles. The first-order chi connectivity index (χ1) is 60.5. The van der Waals surface area contributed by atoms with E-state index in [2.05, 4.69) is 103 Å². The Morgan fingerprint density at radius 2 is 0.750 bits per heavy atom. The number of hydrogen-bond donors (Lipinski definition) is 31. The van der Waals surface area contributed by atoms with Gasteiger partial charge in [0, 0.05) is 74.7 Å². The number of aromatic amines is 1. The second kappa shape index (κ2) is 55.4. The SMILES string of the molecule is CC[C@H](C)[C@H](NC(=O)[C@H](CCCNC(=N)N)NC(=O)[C@H](CC(C)C)NC(=O)[C@H](Cc1ccc(O)cc1)NC(=O)[C@H](Cc1c[nH]c2ccccc12)NC(=O)[C@H](CCC(N)=O)NC(=O)[C@@H](NC(=O)[C@H](CCCNC(=N)N)NC(=O)[C@H](CS)NC(=O)[C@H](Cc1ccccc1)NC(=O)[C@H](CC(C)C)NC(=O)[C@H](CCCNC(=N)N)NC(=O)[C@@H](N)CCCNC(=N)N)[C@@H](C)O)C(=O)O. The first kappa shape index (κ1) is 107. The number of phenolic OH excluding ortho intramolecular Hbond substituents is 1. The van der Waals surface area contributed by atoms with Crippen LogP contribution in [-0.2, 0) is 86.4 Å². The normalized spacial score (nSPS) is 14.7. The molecule has 0 bridgehead atoms. The number of aliphatic carboxylic acids is 1. The average molecular weight is 1810 g/mol. The monoisotopic (exact) mass is 1810 g/mol. The summed E-state index contributed by atoms with van der Waals surface area (Å²) in [4.78, 5) is 203. The van der Waals surface area contributed by atoms with Crippen LogP contribution in [-0.4, -0.2) is 243 Å². The van der Waals surface area contributed by atoms with Crippen LogP contribution in [0.25, 0.3) is 10.9 Å². The zero-order valence-electron chi connectivity index (χ0n) is 73.2. The standard InChI is InChI=1S/C83H131N27O17S/c1-8-45(6)65(79(126)127)109-70(117)55(24-16-34-96-82(90)91)100-72(119)58(36-43(2)3)104-74(121)61(39-48-26-28-50(112)29-27-48)106-76(123)62(40-49-41-98-53-22-13-12-20-51(49)53)107-69(116)57(30-31-64(85)113)102-78(125)66(46(7)111)110-71(118)56(25-17-35-97-83(92)93)101-77(124)63(42-128)108-75(122)60(38-47-18-10-9-11-19-47)105-73(120)59(37-44(4)5)103-68(115)54(23-15-33-95-81(88)89)99-67(114)52(84)21-14-32-94-80(86)87/h9-13,18-20,22,26-29,41,43-46,52,54-63,65-66,98,111-112,128H,8,14-17,21,23-25,30-40,42,84H2,1-7H3,(H2,85,113)(H,99,114)(H,100,119)(H,101,124)(H,102,125)(H,103,115)(H,104,121)(H,105,120)(H,106,123)(H,107,116)(H,108,122)(H,109,117)(H,110,118)(H,126,127)(H4,86,87,94)(H4,88,89,95)(H4,90,91,96)(H4,92,93,97)/t45-,46+,52-,54-,55-,56-,57-,58-,59-,60-,61-,62-,63-,65-,66-/m0/s1. The molecule has 1 heterocycles. The lowest BCUT2D eigenvalue weighted by atomic mass is 9.98. The summed E-state index contributed by atoms with van der Waals surface area (Å²) in [5.41, 5.74) is 35.7. The van der Waals surface area contributed by atoms with Crippen LogP contribution in [0.4, 0.5) is 0 Å². The lowest BCUT2D eigenvalue weighted by Crippen LogP contribution is -2.62. The molecule has 36 N–H and O–H groups in total. The van der Waals surface area contributed by atoms with Crippen molar-refractivity contribution in [1.82, 2.24) is 90.1 Å². The minimum atomic E-state index is -2.01. The Kier molecular flexibility index (Phi) is 46.4. The zero-order chi connectivity index (χ0) is 95.4. The number of rotatable bonds is 58. The van der Waals surface area contributed by atoms with E-state index >= 15 is 14.4 Å². The predicted octanol–water partition coefficient (Wildman–Crippen LogP) is -4.10. The second-order valence-corrected chi connectivity index (χ2v) is 32.5. The molecule has 0 unspecified atom stereocenters. The number of thiol groups is 1. The molecule has 13 amide bonds. The first-order valence-electron chi connectivity index (χ1n) is 42.4. The Morgan fingerprint density at radius 3 is 1.16 bits per heavy atom. The highest BCUT2D eigenvalue weighted by molar-refractivity contribution is 7.80. The van der Waals surface area contributed by atoms with Crippen LogP contribution in [0, 0.1) is 39.4 Å². The molecule has 0 spiro atoms. The van der Waals surface area contributed by atoms with E-state index < -0.39 is 198 Å². The van der Waals surface area contributed by atoms with Crippen LogP contribution in [0.15, 0.2) is 85.1 Å². The van der Waals surface area contributed by atoms with Gasteiger partial charge in [-0.3, -0.25) is 84.0 Å². The van der Waals surface area contributed by atoms with Crippen molar-refractivity contribution in [2.75, 3.05) is 31.9 Å². The van der Waals surface area contributed by atoms with Gasteiger partial charge < -0.3 is 140 Å². The van der Waals surface area contributed by atoms with Crippen molar-refractivity contribution in [3.63, 3.8) is 0 Å². The molecule has 0 saturated heterocycles. The van der Waals surface area contributed by atoms with Crippen LogP contribution in [0.5, 0.6) is 5.75 Å². The van der Waals surface area contributed by atoms with Crippen molar-refractivity contribution >= 4 is 130 Å². The van der Waals surface area contributed by atoms with Crippen LogP contribution in [0.2, 0.25) is 0 Å². The topological polar surface area (TPSA) is 759 Å². The number of carboxylic acids is 1. The van der Waals surface area contributed by atoms with E-state index in [0.717, 1.165) is 6.92 Å². The number of primary amides is 1. The van der Waals surface area contributed by atoms with Crippen LogP contribution in [0.3, 0.4) is 0 Å². The summed E-state index contributed by atoms with van der Waals surface area (Å²) in [5.74, 6) is -17.2. The Hall–Kier alpha value is -13.1. The Morgan fingerprint density at radius 1 is 0.406 bits per heavy atom. The molecule has 0 radical (unpaired) electrons. The first-order valence-corrected chi connectivity index (χ1v) is 43.0. The summed E-state index contributed by atoms with van der Waals surface area (Å²) in [7, 11) is 0. The molecule has 44 nitrogen and oxygen atoms in total. The number of carbonyl (C=O) groups is 14. The summed E-state index contributed by atoms with van der Waals surface area (Å²) in [6, 6.07) is 0.955. The third-order valence-electron chi connectivity index (χ3n) is 20.5. The fourth-order valence-corrected chi connectivity index (χ4v) is 13.7. The number of guanidine groups is 4. The van der Waals surface area contributed by atoms with Gasteiger partial charge in [0.15, 0.2) is 23.8 Å². The number of aromatic hydroxyl groups is 1. The maximum absolute atomic E-state index is 15.3. The quantitative estimate of drug-likeness (QED) is 0.00865. The fraction of sp³-hybridized carbons (Fsp3) is 0.542. The molecule has 0 aliphatic heterocycles. The van der Waals surface area contributed by atoms with Crippen molar-refractivity contribution < 1.29 is 82.4 Å². The van der Waals surface area contributed by atoms with Crippen molar-refractivity contribution in [2.24, 2.45) is 52.2 Å². The predicted molar refractivity (Wildman–Crippen MR) is 482 cm³/mol. The van der Waals surface area contributed by atoms with Gasteiger partial charge in [0.05, 0.1) is 12.1 Å². The van der Waals surface area contributed by atoms with Crippen LogP contribution in [0.1, 0.15) is 149 Å². The number of para-hydroxylation sites is 1. The van der Waals surface area contributed by atoms with E-state index in [1.165, 1.54) is 24.3 Å². The molecule has 4 aromatic rings. The number of hydrogen-bond acceptors (Lipinski definition) is 22. The second-order valence-electron chi connectivity index (χ2n) is 32.2. The number of phenols is 1. The molecule has 45 heteroatoms.